The second-order valence-electron chi connectivity index (χ2n) is 6.59. The molecule has 6 nitrogen and oxygen atoms in total. The van der Waals surface area contributed by atoms with E-state index in [9.17, 15) is 9.18 Å². The number of likely N-dealkylation sites (tertiary alicyclic amines) is 1. The van der Waals surface area contributed by atoms with E-state index in [2.05, 4.69) is 20.3 Å². The van der Waals surface area contributed by atoms with Gasteiger partial charge in [0.15, 0.2) is 5.13 Å². The van der Waals surface area contributed by atoms with Crippen LogP contribution in [0.1, 0.15) is 12.8 Å². The van der Waals surface area contributed by atoms with Gasteiger partial charge in [-0.1, -0.05) is 0 Å². The van der Waals surface area contributed by atoms with Gasteiger partial charge in [-0.3, -0.25) is 14.4 Å². The first-order chi connectivity index (χ1) is 13.2. The van der Waals surface area contributed by atoms with Crippen LogP contribution in [0, 0.1) is 5.82 Å². The van der Waals surface area contributed by atoms with Crippen molar-refractivity contribution in [1.29, 1.82) is 0 Å². The minimum Gasteiger partial charge on any atom is -0.301 e. The molecule has 1 aromatic carbocycles. The molecule has 3 heterocycles. The molecule has 0 bridgehead atoms. The molecule has 0 spiro atoms. The third-order valence-electron chi connectivity index (χ3n) is 4.69. The van der Waals surface area contributed by atoms with Crippen LogP contribution >= 0.6 is 11.3 Å². The monoisotopic (exact) mass is 385 g/mol. The smallest absolute Gasteiger partial charge is 0.240 e. The number of anilines is 1. The molecule has 1 aliphatic rings. The summed E-state index contributed by atoms with van der Waals surface area (Å²) in [7, 11) is 0. The SMILES string of the molecule is O=C(CN1CCC[C@@H]1Cn1cccn1)Nc1nc(-c2ccc(F)cc2)cs1. The van der Waals surface area contributed by atoms with Gasteiger partial charge in [0.2, 0.25) is 5.91 Å². The van der Waals surface area contributed by atoms with Crippen molar-refractivity contribution in [2.75, 3.05) is 18.4 Å². The zero-order valence-corrected chi connectivity index (χ0v) is 15.5. The fourth-order valence-electron chi connectivity index (χ4n) is 3.36. The Morgan fingerprint density at radius 1 is 1.33 bits per heavy atom. The van der Waals surface area contributed by atoms with Crippen LogP contribution in [0.3, 0.4) is 0 Å². The summed E-state index contributed by atoms with van der Waals surface area (Å²) >= 11 is 1.37. The van der Waals surface area contributed by atoms with Gasteiger partial charge in [0.05, 0.1) is 18.8 Å². The van der Waals surface area contributed by atoms with Crippen molar-refractivity contribution >= 4 is 22.4 Å². The molecule has 0 saturated carbocycles. The van der Waals surface area contributed by atoms with E-state index < -0.39 is 0 Å². The summed E-state index contributed by atoms with van der Waals surface area (Å²) in [6.45, 7) is 2.06. The number of amides is 1. The summed E-state index contributed by atoms with van der Waals surface area (Å²) in [5.74, 6) is -0.347. The van der Waals surface area contributed by atoms with Gasteiger partial charge in [-0.05, 0) is 49.7 Å². The van der Waals surface area contributed by atoms with Crippen LogP contribution in [0.2, 0.25) is 0 Å². The Balaban J connectivity index is 1.34. The first-order valence-electron chi connectivity index (χ1n) is 8.90. The molecule has 3 aromatic rings. The molecule has 0 radical (unpaired) electrons. The highest BCUT2D eigenvalue weighted by atomic mass is 32.1. The Hall–Kier alpha value is -2.58. The third-order valence-corrected chi connectivity index (χ3v) is 5.45. The standard InChI is InChI=1S/C19H20FN5OS/c20-15-6-4-14(5-7-15)17-13-27-19(22-17)23-18(26)12-24-9-1-3-16(24)11-25-10-2-8-21-25/h2,4-8,10,13,16H,1,3,9,11-12H2,(H,22,23,26)/t16-/m1/s1. The maximum atomic E-state index is 13.0. The zero-order valence-electron chi connectivity index (χ0n) is 14.7. The van der Waals surface area contributed by atoms with Crippen molar-refractivity contribution < 1.29 is 9.18 Å². The molecule has 0 aliphatic carbocycles. The Labute approximate surface area is 160 Å². The van der Waals surface area contributed by atoms with E-state index in [1.807, 2.05) is 22.3 Å². The topological polar surface area (TPSA) is 63.1 Å². The molecule has 27 heavy (non-hydrogen) atoms. The lowest BCUT2D eigenvalue weighted by Crippen LogP contribution is -2.39. The molecule has 0 unspecified atom stereocenters. The number of aromatic nitrogens is 3. The highest BCUT2D eigenvalue weighted by Crippen LogP contribution is 2.25. The number of thiazole rings is 1. The summed E-state index contributed by atoms with van der Waals surface area (Å²) in [6, 6.07) is 8.40. The van der Waals surface area contributed by atoms with Crippen LogP contribution in [-0.2, 0) is 11.3 Å². The Morgan fingerprint density at radius 2 is 2.19 bits per heavy atom. The molecular formula is C19H20FN5OS. The minimum atomic E-state index is -0.280. The van der Waals surface area contributed by atoms with Crippen LogP contribution in [0.15, 0.2) is 48.1 Å². The number of nitrogens with one attached hydrogen (secondary N) is 1. The zero-order chi connectivity index (χ0) is 18.6. The molecule has 1 N–H and O–H groups in total. The van der Waals surface area contributed by atoms with Crippen molar-refractivity contribution in [3.05, 3.63) is 53.9 Å². The molecule has 1 saturated heterocycles. The first kappa shape index (κ1) is 17.8. The number of carbonyl (C=O) groups is 1. The summed E-state index contributed by atoms with van der Waals surface area (Å²) in [6.07, 6.45) is 5.88. The Morgan fingerprint density at radius 3 is 2.96 bits per heavy atom. The van der Waals surface area contributed by atoms with Gasteiger partial charge in [-0.15, -0.1) is 11.3 Å². The second kappa shape index (κ2) is 7.98. The van der Waals surface area contributed by atoms with Gasteiger partial charge >= 0.3 is 0 Å². The highest BCUT2D eigenvalue weighted by molar-refractivity contribution is 7.14. The predicted octanol–water partition coefficient (Wildman–Crippen LogP) is 3.25. The quantitative estimate of drug-likeness (QED) is 0.708. The number of rotatable bonds is 6. The number of hydrogen-bond acceptors (Lipinski definition) is 5. The van der Waals surface area contributed by atoms with E-state index in [1.54, 1.807) is 18.3 Å². The molecule has 140 valence electrons. The molecule has 1 atom stereocenters. The van der Waals surface area contributed by atoms with E-state index in [0.29, 0.717) is 17.7 Å². The molecule has 4 rings (SSSR count). The van der Waals surface area contributed by atoms with Gasteiger partial charge in [0.1, 0.15) is 5.82 Å². The largest absolute Gasteiger partial charge is 0.301 e. The minimum absolute atomic E-state index is 0.0672. The van der Waals surface area contributed by atoms with E-state index in [-0.39, 0.29) is 11.7 Å². The lowest BCUT2D eigenvalue weighted by atomic mass is 10.2. The van der Waals surface area contributed by atoms with Crippen LogP contribution < -0.4 is 5.32 Å². The van der Waals surface area contributed by atoms with Crippen molar-refractivity contribution in [2.45, 2.75) is 25.4 Å². The molecular weight excluding hydrogens is 365 g/mol. The molecule has 1 aliphatic heterocycles. The highest BCUT2D eigenvalue weighted by Gasteiger charge is 2.26. The maximum absolute atomic E-state index is 13.0. The Kier molecular flexibility index (Phi) is 5.26. The average molecular weight is 385 g/mol. The number of hydrogen-bond donors (Lipinski definition) is 1. The normalized spacial score (nSPS) is 17.3. The van der Waals surface area contributed by atoms with Gasteiger partial charge in [0.25, 0.3) is 0 Å². The van der Waals surface area contributed by atoms with Crippen molar-refractivity contribution in [2.24, 2.45) is 0 Å². The fourth-order valence-corrected chi connectivity index (χ4v) is 4.10. The fraction of sp³-hybridized carbons (Fsp3) is 0.316. The van der Waals surface area contributed by atoms with Crippen LogP contribution in [0.5, 0.6) is 0 Å². The molecule has 8 heteroatoms. The van der Waals surface area contributed by atoms with E-state index >= 15 is 0 Å². The average Bonchev–Trinajstić information content (AvgIpc) is 3.40. The number of halogens is 1. The van der Waals surface area contributed by atoms with Crippen molar-refractivity contribution in [3.8, 4) is 11.3 Å². The summed E-state index contributed by atoms with van der Waals surface area (Å²) in [5.41, 5.74) is 1.56. The number of carbonyl (C=O) groups excluding carboxylic acids is 1. The van der Waals surface area contributed by atoms with Gasteiger partial charge in [-0.25, -0.2) is 9.37 Å². The van der Waals surface area contributed by atoms with Gasteiger partial charge in [-0.2, -0.15) is 5.10 Å². The molecule has 1 amide bonds. The maximum Gasteiger partial charge on any atom is 0.240 e. The van der Waals surface area contributed by atoms with Gasteiger partial charge < -0.3 is 5.32 Å². The van der Waals surface area contributed by atoms with E-state index in [1.165, 1.54) is 23.5 Å². The van der Waals surface area contributed by atoms with E-state index in [4.69, 9.17) is 0 Å². The van der Waals surface area contributed by atoms with Crippen molar-refractivity contribution in [3.63, 3.8) is 0 Å². The van der Waals surface area contributed by atoms with Crippen LogP contribution in [-0.4, -0.2) is 44.7 Å². The van der Waals surface area contributed by atoms with Crippen molar-refractivity contribution in [1.82, 2.24) is 19.7 Å². The van der Waals surface area contributed by atoms with Crippen LogP contribution in [0.4, 0.5) is 9.52 Å². The lowest BCUT2D eigenvalue weighted by molar-refractivity contribution is -0.117. The lowest BCUT2D eigenvalue weighted by Gasteiger charge is -2.23. The summed E-state index contributed by atoms with van der Waals surface area (Å²) in [5, 5.41) is 9.55. The number of benzene rings is 1. The van der Waals surface area contributed by atoms with Gasteiger partial charge in [0, 0.05) is 29.4 Å². The third kappa shape index (κ3) is 4.40. The van der Waals surface area contributed by atoms with Crippen LogP contribution in [0.25, 0.3) is 11.3 Å². The van der Waals surface area contributed by atoms with E-state index in [0.717, 1.165) is 37.2 Å². The molecule has 1 fully saturated rings. The number of nitrogens with zero attached hydrogens (tertiary/aromatic N) is 4. The summed E-state index contributed by atoms with van der Waals surface area (Å²) in [4.78, 5) is 19.1. The predicted molar refractivity (Wildman–Crippen MR) is 103 cm³/mol. The summed E-state index contributed by atoms with van der Waals surface area (Å²) < 4.78 is 15.0. The Bertz CT molecular complexity index is 893. The molecule has 2 aromatic heterocycles. The first-order valence-corrected chi connectivity index (χ1v) is 9.78. The second-order valence-corrected chi connectivity index (χ2v) is 7.45.